The van der Waals surface area contributed by atoms with Crippen LogP contribution in [0.4, 0.5) is 10.2 Å². The predicted octanol–water partition coefficient (Wildman–Crippen LogP) is 5.08. The van der Waals surface area contributed by atoms with E-state index >= 15 is 0 Å². The standard InChI is InChI=1S/C21H18BrFN4O/c1-27-10-9-24-21(27)20(14-5-3-4-6-18(14)28-2)26-19-8-7-13-11-15(22)16(23)12-17(13)25-19/h3-12,20H,1-2H3,(H,25,26). The smallest absolute Gasteiger partial charge is 0.139 e. The summed E-state index contributed by atoms with van der Waals surface area (Å²) >= 11 is 3.21. The van der Waals surface area contributed by atoms with Crippen LogP contribution in [0.5, 0.6) is 5.75 Å². The molecule has 0 saturated carbocycles. The maximum absolute atomic E-state index is 13.9. The lowest BCUT2D eigenvalue weighted by Crippen LogP contribution is -2.18. The molecular formula is C21H18BrFN4O. The van der Waals surface area contributed by atoms with Crippen LogP contribution in [0.2, 0.25) is 0 Å². The van der Waals surface area contributed by atoms with Crippen LogP contribution in [-0.4, -0.2) is 21.6 Å². The summed E-state index contributed by atoms with van der Waals surface area (Å²) in [7, 11) is 3.58. The van der Waals surface area contributed by atoms with Gasteiger partial charge in [0.2, 0.25) is 0 Å². The highest BCUT2D eigenvalue weighted by molar-refractivity contribution is 9.10. The molecule has 0 bridgehead atoms. The van der Waals surface area contributed by atoms with E-state index in [-0.39, 0.29) is 11.9 Å². The lowest BCUT2D eigenvalue weighted by atomic mass is 10.0. The molecule has 0 spiro atoms. The van der Waals surface area contributed by atoms with Gasteiger partial charge in [-0.2, -0.15) is 0 Å². The Hall–Kier alpha value is -2.93. The summed E-state index contributed by atoms with van der Waals surface area (Å²) in [5.41, 5.74) is 1.51. The average molecular weight is 441 g/mol. The van der Waals surface area contributed by atoms with E-state index < -0.39 is 0 Å². The number of para-hydroxylation sites is 1. The van der Waals surface area contributed by atoms with Crippen LogP contribution in [0.3, 0.4) is 0 Å². The predicted molar refractivity (Wildman–Crippen MR) is 111 cm³/mol. The molecular weight excluding hydrogens is 423 g/mol. The third kappa shape index (κ3) is 3.45. The molecule has 1 atom stereocenters. The second-order valence-corrected chi connectivity index (χ2v) is 7.23. The van der Waals surface area contributed by atoms with E-state index in [4.69, 9.17) is 4.74 Å². The normalized spacial score (nSPS) is 12.1. The van der Waals surface area contributed by atoms with Crippen LogP contribution in [-0.2, 0) is 7.05 Å². The molecule has 1 N–H and O–H groups in total. The van der Waals surface area contributed by atoms with Gasteiger partial charge in [0.05, 0.1) is 17.1 Å². The summed E-state index contributed by atoms with van der Waals surface area (Å²) in [5, 5.41) is 4.28. The van der Waals surface area contributed by atoms with Crippen LogP contribution in [0.25, 0.3) is 10.9 Å². The Morgan fingerprint density at radius 1 is 1.18 bits per heavy atom. The van der Waals surface area contributed by atoms with Crippen molar-refractivity contribution in [2.24, 2.45) is 7.05 Å². The lowest BCUT2D eigenvalue weighted by molar-refractivity contribution is 0.408. The fraction of sp³-hybridized carbons (Fsp3) is 0.143. The van der Waals surface area contributed by atoms with Crippen LogP contribution in [0, 0.1) is 5.82 Å². The van der Waals surface area contributed by atoms with Gasteiger partial charge in [-0.05, 0) is 40.2 Å². The Kier molecular flexibility index (Phi) is 5.00. The highest BCUT2D eigenvalue weighted by Crippen LogP contribution is 2.32. The SMILES string of the molecule is COc1ccccc1C(Nc1ccc2cc(Br)c(F)cc2n1)c1nccn1C. The third-order valence-electron chi connectivity index (χ3n) is 4.59. The fourth-order valence-electron chi connectivity index (χ4n) is 3.19. The van der Waals surface area contributed by atoms with Crippen molar-refractivity contribution >= 4 is 32.7 Å². The zero-order chi connectivity index (χ0) is 19.7. The maximum Gasteiger partial charge on any atom is 0.139 e. The molecule has 2 heterocycles. The third-order valence-corrected chi connectivity index (χ3v) is 5.20. The van der Waals surface area contributed by atoms with Gasteiger partial charge in [-0.3, -0.25) is 0 Å². The number of aromatic nitrogens is 3. The number of rotatable bonds is 5. The molecule has 4 rings (SSSR count). The molecule has 2 aromatic heterocycles. The zero-order valence-corrected chi connectivity index (χ0v) is 16.9. The van der Waals surface area contributed by atoms with Crippen molar-refractivity contribution in [3.63, 3.8) is 0 Å². The number of hydrogen-bond acceptors (Lipinski definition) is 4. The molecule has 5 nitrogen and oxygen atoms in total. The van der Waals surface area contributed by atoms with E-state index in [1.807, 2.05) is 54.2 Å². The van der Waals surface area contributed by atoms with Gasteiger partial charge in [-0.15, -0.1) is 0 Å². The summed E-state index contributed by atoms with van der Waals surface area (Å²) in [6.07, 6.45) is 3.64. The van der Waals surface area contributed by atoms with Gasteiger partial charge in [0.25, 0.3) is 0 Å². The number of halogens is 2. The maximum atomic E-state index is 13.9. The number of pyridine rings is 1. The van der Waals surface area contributed by atoms with Gasteiger partial charge in [-0.25, -0.2) is 14.4 Å². The number of nitrogens with one attached hydrogen (secondary N) is 1. The number of anilines is 1. The van der Waals surface area contributed by atoms with Crippen LogP contribution >= 0.6 is 15.9 Å². The Balaban J connectivity index is 1.79. The number of ether oxygens (including phenoxy) is 1. The minimum atomic E-state index is -0.345. The molecule has 0 aliphatic heterocycles. The van der Waals surface area contributed by atoms with Crippen LogP contribution < -0.4 is 10.1 Å². The Bertz CT molecular complexity index is 1140. The largest absolute Gasteiger partial charge is 0.496 e. The Labute approximate surface area is 170 Å². The van der Waals surface area contributed by atoms with E-state index in [0.717, 1.165) is 22.5 Å². The fourth-order valence-corrected chi connectivity index (χ4v) is 3.55. The second-order valence-electron chi connectivity index (χ2n) is 6.37. The zero-order valence-electron chi connectivity index (χ0n) is 15.4. The number of benzene rings is 2. The number of nitrogens with zero attached hydrogens (tertiary/aromatic N) is 3. The van der Waals surface area contributed by atoms with Crippen molar-refractivity contribution < 1.29 is 9.13 Å². The number of fused-ring (bicyclic) bond motifs is 1. The van der Waals surface area contributed by atoms with Crippen LogP contribution in [0.15, 0.2) is 65.4 Å². The second kappa shape index (κ2) is 7.59. The van der Waals surface area contributed by atoms with Crippen LogP contribution in [0.1, 0.15) is 17.4 Å². The van der Waals surface area contributed by atoms with Crippen molar-refractivity contribution in [3.05, 3.63) is 82.6 Å². The molecule has 0 aliphatic carbocycles. The van der Waals surface area contributed by atoms with E-state index in [2.05, 4.69) is 31.2 Å². The van der Waals surface area contributed by atoms with Crippen molar-refractivity contribution in [1.82, 2.24) is 14.5 Å². The number of hydrogen-bond donors (Lipinski definition) is 1. The molecule has 142 valence electrons. The topological polar surface area (TPSA) is 52.0 Å². The molecule has 0 radical (unpaired) electrons. The number of methoxy groups -OCH3 is 1. The summed E-state index contributed by atoms with van der Waals surface area (Å²) in [4.78, 5) is 9.09. The van der Waals surface area contributed by atoms with Gasteiger partial charge < -0.3 is 14.6 Å². The first kappa shape index (κ1) is 18.4. The molecule has 0 amide bonds. The van der Waals surface area contributed by atoms with E-state index in [9.17, 15) is 4.39 Å². The van der Waals surface area contributed by atoms with Crippen molar-refractivity contribution in [2.45, 2.75) is 6.04 Å². The molecule has 0 fully saturated rings. The summed E-state index contributed by atoms with van der Waals surface area (Å²) < 4.78 is 21.9. The quantitative estimate of drug-likeness (QED) is 0.470. The lowest BCUT2D eigenvalue weighted by Gasteiger charge is -2.22. The highest BCUT2D eigenvalue weighted by atomic mass is 79.9. The van der Waals surface area contributed by atoms with E-state index in [1.165, 1.54) is 6.07 Å². The van der Waals surface area contributed by atoms with E-state index in [0.29, 0.717) is 15.8 Å². The van der Waals surface area contributed by atoms with Gasteiger partial charge in [0, 0.05) is 36.5 Å². The van der Waals surface area contributed by atoms with Crippen molar-refractivity contribution in [1.29, 1.82) is 0 Å². The first-order valence-corrected chi connectivity index (χ1v) is 9.48. The molecule has 7 heteroatoms. The highest BCUT2D eigenvalue weighted by Gasteiger charge is 2.22. The van der Waals surface area contributed by atoms with Gasteiger partial charge in [0.1, 0.15) is 29.3 Å². The molecule has 1 unspecified atom stereocenters. The summed E-state index contributed by atoms with van der Waals surface area (Å²) in [5.74, 6) is 1.84. The summed E-state index contributed by atoms with van der Waals surface area (Å²) in [6.45, 7) is 0. The minimum Gasteiger partial charge on any atom is -0.496 e. The summed E-state index contributed by atoms with van der Waals surface area (Å²) in [6, 6.07) is 14.4. The van der Waals surface area contributed by atoms with Crippen molar-refractivity contribution in [3.8, 4) is 5.75 Å². The van der Waals surface area contributed by atoms with Gasteiger partial charge in [-0.1, -0.05) is 18.2 Å². The minimum absolute atomic E-state index is 0.290. The van der Waals surface area contributed by atoms with Gasteiger partial charge in [0.15, 0.2) is 0 Å². The molecule has 2 aromatic carbocycles. The van der Waals surface area contributed by atoms with E-state index in [1.54, 1.807) is 19.4 Å². The number of aryl methyl sites for hydroxylation is 1. The first-order chi connectivity index (χ1) is 13.6. The van der Waals surface area contributed by atoms with Crippen molar-refractivity contribution in [2.75, 3.05) is 12.4 Å². The van der Waals surface area contributed by atoms with Gasteiger partial charge >= 0.3 is 0 Å². The first-order valence-electron chi connectivity index (χ1n) is 8.69. The molecule has 4 aromatic rings. The molecule has 0 aliphatic rings. The Morgan fingerprint density at radius 3 is 2.75 bits per heavy atom. The molecule has 28 heavy (non-hydrogen) atoms. The molecule has 0 saturated heterocycles. The monoisotopic (exact) mass is 440 g/mol. The Morgan fingerprint density at radius 2 is 2.00 bits per heavy atom. The number of imidazole rings is 1. The average Bonchev–Trinajstić information content (AvgIpc) is 3.13.